The van der Waals surface area contributed by atoms with E-state index in [0.717, 1.165) is 16.9 Å². The first-order valence-corrected chi connectivity index (χ1v) is 11.7. The van der Waals surface area contributed by atoms with Crippen molar-refractivity contribution in [1.82, 2.24) is 4.98 Å². The molecule has 2 aromatic rings. The topological polar surface area (TPSA) is 106 Å². The van der Waals surface area contributed by atoms with E-state index in [2.05, 4.69) is 9.35 Å². The van der Waals surface area contributed by atoms with E-state index in [1.165, 1.54) is 12.3 Å². The van der Waals surface area contributed by atoms with E-state index in [0.29, 0.717) is 16.1 Å². The van der Waals surface area contributed by atoms with Gasteiger partial charge in [-0.05, 0) is 48.4 Å². The fourth-order valence-electron chi connectivity index (χ4n) is 3.07. The van der Waals surface area contributed by atoms with E-state index in [1.807, 2.05) is 27.7 Å². The zero-order chi connectivity index (χ0) is 22.1. The van der Waals surface area contributed by atoms with Gasteiger partial charge in [0.1, 0.15) is 20.6 Å². The van der Waals surface area contributed by atoms with Gasteiger partial charge in [-0.1, -0.05) is 33.8 Å². The monoisotopic (exact) mass is 441 g/mol. The summed E-state index contributed by atoms with van der Waals surface area (Å²) in [6, 6.07) is 3.09. The Labute approximate surface area is 175 Å². The third kappa shape index (κ3) is 5.48. The number of aliphatic hydroxyl groups is 1. The molecule has 160 valence electrons. The first-order valence-electron chi connectivity index (χ1n) is 9.31. The molecule has 0 fully saturated rings. The Morgan fingerprint density at radius 2 is 1.93 bits per heavy atom. The summed E-state index contributed by atoms with van der Waals surface area (Å²) in [4.78, 5) is 16.7. The fraction of sp³-hybridized carbons (Fsp3) is 0.500. The lowest BCUT2D eigenvalue weighted by Crippen LogP contribution is -2.16. The molecule has 6 nitrogen and oxygen atoms in total. The van der Waals surface area contributed by atoms with Crippen molar-refractivity contribution in [2.24, 2.45) is 9.50 Å². The van der Waals surface area contributed by atoms with Crippen LogP contribution in [0.1, 0.15) is 75.1 Å². The third-order valence-electron chi connectivity index (χ3n) is 4.40. The molecule has 0 saturated heterocycles. The van der Waals surface area contributed by atoms with Gasteiger partial charge in [-0.2, -0.15) is 0 Å². The van der Waals surface area contributed by atoms with Crippen molar-refractivity contribution in [3.8, 4) is 0 Å². The van der Waals surface area contributed by atoms with Crippen molar-refractivity contribution >= 4 is 27.2 Å². The van der Waals surface area contributed by atoms with Gasteiger partial charge < -0.3 is 5.11 Å². The van der Waals surface area contributed by atoms with Gasteiger partial charge in [0.25, 0.3) is 5.91 Å². The lowest BCUT2D eigenvalue weighted by molar-refractivity contribution is -0.117. The van der Waals surface area contributed by atoms with Crippen LogP contribution in [0.25, 0.3) is 0 Å². The summed E-state index contributed by atoms with van der Waals surface area (Å²) >= 11 is 0.946. The van der Waals surface area contributed by atoms with E-state index < -0.39 is 21.4 Å². The average molecular weight is 442 g/mol. The standard InChI is InChI=1S/C20H28FN3O3S2/c1-11(2)13-7-8-15(21)18(12(3)4)14(13)9-16(25)24-29(22,27)17-10-23-19(28-17)20(5,6)26/h7-8,10-12,26H,9H2,1-6H3,(H2,22,24,25,27)/t29-/m1/s1. The lowest BCUT2D eigenvalue weighted by Gasteiger charge is -2.19. The quantitative estimate of drug-likeness (QED) is 0.700. The predicted molar refractivity (Wildman–Crippen MR) is 114 cm³/mol. The summed E-state index contributed by atoms with van der Waals surface area (Å²) < 4.78 is 31.1. The molecule has 1 heterocycles. The van der Waals surface area contributed by atoms with Crippen LogP contribution in [0.4, 0.5) is 4.39 Å². The molecule has 0 aliphatic rings. The fourth-order valence-corrected chi connectivity index (χ4v) is 5.21. The van der Waals surface area contributed by atoms with Crippen LogP contribution in [0.5, 0.6) is 0 Å². The zero-order valence-electron chi connectivity index (χ0n) is 17.5. The summed E-state index contributed by atoms with van der Waals surface area (Å²) in [6.45, 7) is 10.7. The summed E-state index contributed by atoms with van der Waals surface area (Å²) in [5.41, 5.74) is 0.664. The van der Waals surface area contributed by atoms with Crippen LogP contribution >= 0.6 is 11.3 Å². The van der Waals surface area contributed by atoms with E-state index in [9.17, 15) is 18.5 Å². The number of hydrogen-bond donors (Lipinski definition) is 2. The molecule has 3 N–H and O–H groups in total. The molecule has 0 radical (unpaired) electrons. The Balaban J connectivity index is 2.46. The third-order valence-corrected chi connectivity index (χ3v) is 7.63. The van der Waals surface area contributed by atoms with Crippen LogP contribution in [0.15, 0.2) is 26.9 Å². The number of carbonyl (C=O) groups excluding carboxylic acids is 1. The van der Waals surface area contributed by atoms with Crippen LogP contribution in [0.2, 0.25) is 0 Å². The van der Waals surface area contributed by atoms with E-state index in [4.69, 9.17) is 5.14 Å². The van der Waals surface area contributed by atoms with Crippen molar-refractivity contribution < 1.29 is 18.5 Å². The molecule has 0 bridgehead atoms. The van der Waals surface area contributed by atoms with Crippen molar-refractivity contribution in [3.05, 3.63) is 45.8 Å². The number of rotatable bonds is 6. The van der Waals surface area contributed by atoms with Crippen molar-refractivity contribution in [2.75, 3.05) is 0 Å². The minimum atomic E-state index is -3.52. The molecular formula is C20H28FN3O3S2. The van der Waals surface area contributed by atoms with E-state index >= 15 is 0 Å². The second-order valence-corrected chi connectivity index (χ2v) is 11.2. The van der Waals surface area contributed by atoms with E-state index in [-0.39, 0.29) is 28.3 Å². The Hall–Kier alpha value is -1.68. The minimum absolute atomic E-state index is 0.0778. The molecule has 1 aromatic heterocycles. The lowest BCUT2D eigenvalue weighted by atomic mass is 9.86. The van der Waals surface area contributed by atoms with Gasteiger partial charge in [0.2, 0.25) is 0 Å². The van der Waals surface area contributed by atoms with Crippen LogP contribution in [-0.2, 0) is 26.7 Å². The molecule has 2 rings (SSSR count). The van der Waals surface area contributed by atoms with Crippen LogP contribution < -0.4 is 5.14 Å². The highest BCUT2D eigenvalue weighted by atomic mass is 32.2. The zero-order valence-corrected chi connectivity index (χ0v) is 19.2. The van der Waals surface area contributed by atoms with Crippen LogP contribution in [-0.4, -0.2) is 20.2 Å². The summed E-state index contributed by atoms with van der Waals surface area (Å²) in [6.07, 6.45) is 1.07. The summed E-state index contributed by atoms with van der Waals surface area (Å²) in [7, 11) is -3.52. The predicted octanol–water partition coefficient (Wildman–Crippen LogP) is 4.23. The molecule has 1 aromatic carbocycles. The molecule has 9 heteroatoms. The van der Waals surface area contributed by atoms with Crippen LogP contribution in [0.3, 0.4) is 0 Å². The van der Waals surface area contributed by atoms with E-state index in [1.54, 1.807) is 19.9 Å². The number of hydrogen-bond acceptors (Lipinski definition) is 5. The van der Waals surface area contributed by atoms with Gasteiger partial charge >= 0.3 is 0 Å². The number of carbonyl (C=O) groups is 1. The normalized spacial score (nSPS) is 14.3. The second kappa shape index (κ2) is 8.59. The Morgan fingerprint density at radius 3 is 2.41 bits per heavy atom. The minimum Gasteiger partial charge on any atom is -0.383 e. The Morgan fingerprint density at radius 1 is 1.31 bits per heavy atom. The maximum Gasteiger partial charge on any atom is 0.259 e. The molecule has 1 amide bonds. The first kappa shape index (κ1) is 23.6. The molecule has 0 saturated carbocycles. The number of nitrogens with two attached hydrogens (primary N) is 1. The summed E-state index contributed by atoms with van der Waals surface area (Å²) in [5, 5.41) is 16.2. The second-order valence-electron chi connectivity index (χ2n) is 8.11. The molecule has 0 spiro atoms. The molecule has 0 unspecified atom stereocenters. The van der Waals surface area contributed by atoms with Crippen molar-refractivity contribution in [1.29, 1.82) is 0 Å². The van der Waals surface area contributed by atoms with Crippen molar-refractivity contribution in [3.63, 3.8) is 0 Å². The number of halogens is 1. The highest BCUT2D eigenvalue weighted by Crippen LogP contribution is 2.31. The number of benzene rings is 1. The Bertz CT molecular complexity index is 1030. The first-order chi connectivity index (χ1) is 13.2. The highest BCUT2D eigenvalue weighted by Gasteiger charge is 2.24. The highest BCUT2D eigenvalue weighted by molar-refractivity contribution is 7.93. The van der Waals surface area contributed by atoms with Gasteiger partial charge in [0.05, 0.1) is 12.6 Å². The molecular weight excluding hydrogens is 413 g/mol. The number of thiazole rings is 1. The molecule has 1 atom stereocenters. The van der Waals surface area contributed by atoms with Gasteiger partial charge in [-0.3, -0.25) is 4.79 Å². The maximum absolute atomic E-state index is 14.5. The van der Waals surface area contributed by atoms with Gasteiger partial charge in [-0.15, -0.1) is 15.7 Å². The van der Waals surface area contributed by atoms with Gasteiger partial charge in [0.15, 0.2) is 9.92 Å². The molecule has 29 heavy (non-hydrogen) atoms. The van der Waals surface area contributed by atoms with Crippen molar-refractivity contribution in [2.45, 2.75) is 69.6 Å². The van der Waals surface area contributed by atoms with Gasteiger partial charge in [-0.25, -0.2) is 18.7 Å². The Kier molecular flexibility index (Phi) is 6.99. The maximum atomic E-state index is 14.5. The molecule has 0 aliphatic carbocycles. The average Bonchev–Trinajstić information content (AvgIpc) is 3.04. The van der Waals surface area contributed by atoms with Crippen LogP contribution in [0, 0.1) is 5.82 Å². The largest absolute Gasteiger partial charge is 0.383 e. The number of amides is 1. The number of nitrogens with zero attached hydrogens (tertiary/aromatic N) is 2. The smallest absolute Gasteiger partial charge is 0.259 e. The SMILES string of the molecule is CC(C)c1ccc(F)c(C(C)C)c1CC(=O)N=[S@@](N)(=O)c1cnc(C(C)(C)O)s1. The van der Waals surface area contributed by atoms with Gasteiger partial charge in [0, 0.05) is 0 Å². The summed E-state index contributed by atoms with van der Waals surface area (Å²) in [5.74, 6) is -1.12. The molecule has 0 aliphatic heterocycles. The number of aromatic nitrogens is 1.